The molecule has 0 aromatic rings. The monoisotopic (exact) mass is 265 g/mol. The van der Waals surface area contributed by atoms with Crippen LogP contribution in [0.15, 0.2) is 0 Å². The van der Waals surface area contributed by atoms with Gasteiger partial charge in [-0.1, -0.05) is 0 Å². The number of carbonyl (C=O) groups excluding carboxylic acids is 2. The number of nitrogens with zero attached hydrogens (tertiary/aromatic N) is 1. The smallest absolute Gasteiger partial charge is 0.325 e. The molecule has 3 fully saturated rings. The SMILES string of the molecule is COC(=O)CN(C(=O)C1C2C3CCC(C3)C12)C(C)C. The van der Waals surface area contributed by atoms with Gasteiger partial charge in [0.2, 0.25) is 5.91 Å². The van der Waals surface area contributed by atoms with E-state index in [1.807, 2.05) is 13.8 Å². The van der Waals surface area contributed by atoms with Crippen LogP contribution < -0.4 is 0 Å². The minimum Gasteiger partial charge on any atom is -0.468 e. The molecule has 3 saturated carbocycles. The van der Waals surface area contributed by atoms with Crippen LogP contribution in [0, 0.1) is 29.6 Å². The minimum absolute atomic E-state index is 0.0607. The number of fused-ring (bicyclic) bond motifs is 5. The summed E-state index contributed by atoms with van der Waals surface area (Å²) in [5, 5.41) is 0. The van der Waals surface area contributed by atoms with Gasteiger partial charge < -0.3 is 9.64 Å². The van der Waals surface area contributed by atoms with Crippen LogP contribution in [0.4, 0.5) is 0 Å². The zero-order chi connectivity index (χ0) is 13.7. The lowest BCUT2D eigenvalue weighted by Gasteiger charge is -2.26. The fourth-order valence-corrected chi connectivity index (χ4v) is 4.57. The van der Waals surface area contributed by atoms with Crippen LogP contribution in [0.3, 0.4) is 0 Å². The molecule has 3 aliphatic rings. The third-order valence-electron chi connectivity index (χ3n) is 5.45. The zero-order valence-corrected chi connectivity index (χ0v) is 12.0. The van der Waals surface area contributed by atoms with Crippen molar-refractivity contribution in [2.45, 2.75) is 39.2 Å². The van der Waals surface area contributed by atoms with Gasteiger partial charge in [0.1, 0.15) is 6.54 Å². The van der Waals surface area contributed by atoms with Gasteiger partial charge in [0.05, 0.1) is 7.11 Å². The van der Waals surface area contributed by atoms with Crippen molar-refractivity contribution in [1.29, 1.82) is 0 Å². The number of esters is 1. The van der Waals surface area contributed by atoms with Crippen LogP contribution in [0.25, 0.3) is 0 Å². The lowest BCUT2D eigenvalue weighted by atomic mass is 10.0. The van der Waals surface area contributed by atoms with Crippen molar-refractivity contribution in [3.63, 3.8) is 0 Å². The molecular formula is C15H23NO3. The molecule has 106 valence electrons. The highest BCUT2D eigenvalue weighted by Crippen LogP contribution is 2.69. The summed E-state index contributed by atoms with van der Waals surface area (Å²) in [6.45, 7) is 4.03. The second kappa shape index (κ2) is 4.50. The highest BCUT2D eigenvalue weighted by Gasteiger charge is 2.68. The first-order valence-corrected chi connectivity index (χ1v) is 7.42. The van der Waals surface area contributed by atoms with Crippen molar-refractivity contribution < 1.29 is 14.3 Å². The maximum Gasteiger partial charge on any atom is 0.325 e. The summed E-state index contributed by atoms with van der Waals surface area (Å²) < 4.78 is 4.70. The summed E-state index contributed by atoms with van der Waals surface area (Å²) >= 11 is 0. The van der Waals surface area contributed by atoms with E-state index in [0.29, 0.717) is 11.8 Å². The molecule has 4 unspecified atom stereocenters. The Balaban J connectivity index is 1.67. The normalized spacial score (nSPS) is 38.2. The van der Waals surface area contributed by atoms with E-state index in [2.05, 4.69) is 0 Å². The summed E-state index contributed by atoms with van der Waals surface area (Å²) in [7, 11) is 1.37. The molecule has 0 aliphatic heterocycles. The Morgan fingerprint density at radius 2 is 1.79 bits per heavy atom. The molecule has 0 heterocycles. The van der Waals surface area contributed by atoms with E-state index in [-0.39, 0.29) is 30.4 Å². The topological polar surface area (TPSA) is 46.6 Å². The first kappa shape index (κ1) is 12.9. The Morgan fingerprint density at radius 1 is 1.21 bits per heavy atom. The molecule has 0 N–H and O–H groups in total. The number of ether oxygens (including phenoxy) is 1. The van der Waals surface area contributed by atoms with Gasteiger partial charge in [-0.25, -0.2) is 0 Å². The molecule has 1 amide bonds. The van der Waals surface area contributed by atoms with Crippen LogP contribution in [0.5, 0.6) is 0 Å². The average Bonchev–Trinajstić information content (AvgIpc) is 2.82. The van der Waals surface area contributed by atoms with E-state index in [0.717, 1.165) is 11.8 Å². The summed E-state index contributed by atoms with van der Waals surface area (Å²) in [4.78, 5) is 25.8. The van der Waals surface area contributed by atoms with E-state index >= 15 is 0 Å². The Hall–Kier alpha value is -1.06. The molecule has 0 aromatic heterocycles. The predicted octanol–water partition coefficient (Wildman–Crippen LogP) is 1.69. The molecule has 4 heteroatoms. The van der Waals surface area contributed by atoms with Gasteiger partial charge in [0.15, 0.2) is 0 Å². The second-order valence-corrected chi connectivity index (χ2v) is 6.65. The number of rotatable bonds is 4. The molecule has 3 aliphatic carbocycles. The molecule has 2 bridgehead atoms. The number of hydrogen-bond acceptors (Lipinski definition) is 3. The van der Waals surface area contributed by atoms with E-state index in [4.69, 9.17) is 4.74 Å². The molecule has 3 rings (SSSR count). The van der Waals surface area contributed by atoms with Crippen molar-refractivity contribution in [3.05, 3.63) is 0 Å². The molecule has 0 spiro atoms. The molecule has 0 saturated heterocycles. The van der Waals surface area contributed by atoms with Gasteiger partial charge in [-0.2, -0.15) is 0 Å². The molecule has 19 heavy (non-hydrogen) atoms. The van der Waals surface area contributed by atoms with E-state index in [1.165, 1.54) is 26.4 Å². The third kappa shape index (κ3) is 1.96. The fourth-order valence-electron chi connectivity index (χ4n) is 4.57. The van der Waals surface area contributed by atoms with Gasteiger partial charge in [-0.3, -0.25) is 9.59 Å². The van der Waals surface area contributed by atoms with Crippen LogP contribution in [-0.4, -0.2) is 36.5 Å². The minimum atomic E-state index is -0.323. The van der Waals surface area contributed by atoms with Crippen molar-refractivity contribution in [2.75, 3.05) is 13.7 Å². The van der Waals surface area contributed by atoms with E-state index in [1.54, 1.807) is 4.90 Å². The Bertz CT molecular complexity index is 390. The van der Waals surface area contributed by atoms with Gasteiger partial charge >= 0.3 is 5.97 Å². The standard InChI is InChI=1S/C15H23NO3/c1-8(2)16(7-11(17)19-3)15(18)14-12-9-4-5-10(6-9)13(12)14/h8-10,12-14H,4-7H2,1-3H3. The average molecular weight is 265 g/mol. The summed E-state index contributed by atoms with van der Waals surface area (Å²) in [5.41, 5.74) is 0. The van der Waals surface area contributed by atoms with Crippen molar-refractivity contribution in [2.24, 2.45) is 29.6 Å². The van der Waals surface area contributed by atoms with Crippen molar-refractivity contribution in [3.8, 4) is 0 Å². The highest BCUT2D eigenvalue weighted by atomic mass is 16.5. The number of hydrogen-bond donors (Lipinski definition) is 0. The lowest BCUT2D eigenvalue weighted by molar-refractivity contribution is -0.149. The van der Waals surface area contributed by atoms with Gasteiger partial charge in [-0.15, -0.1) is 0 Å². The Labute approximate surface area is 114 Å². The van der Waals surface area contributed by atoms with E-state index < -0.39 is 0 Å². The third-order valence-corrected chi connectivity index (χ3v) is 5.45. The summed E-state index contributed by atoms with van der Waals surface area (Å²) in [5.74, 6) is 2.91. The van der Waals surface area contributed by atoms with Gasteiger partial charge in [-0.05, 0) is 56.8 Å². The highest BCUT2D eigenvalue weighted by molar-refractivity contribution is 5.86. The quantitative estimate of drug-likeness (QED) is 0.727. The fraction of sp³-hybridized carbons (Fsp3) is 0.867. The van der Waals surface area contributed by atoms with Crippen LogP contribution >= 0.6 is 0 Å². The van der Waals surface area contributed by atoms with Crippen LogP contribution in [0.2, 0.25) is 0 Å². The number of methoxy groups -OCH3 is 1. The van der Waals surface area contributed by atoms with Gasteiger partial charge in [0.25, 0.3) is 0 Å². The van der Waals surface area contributed by atoms with Crippen molar-refractivity contribution >= 4 is 11.9 Å². The maximum absolute atomic E-state index is 12.6. The first-order valence-electron chi connectivity index (χ1n) is 7.42. The molecular weight excluding hydrogens is 242 g/mol. The van der Waals surface area contributed by atoms with Crippen molar-refractivity contribution in [1.82, 2.24) is 4.90 Å². The number of amides is 1. The van der Waals surface area contributed by atoms with Crippen LogP contribution in [-0.2, 0) is 14.3 Å². The molecule has 0 radical (unpaired) electrons. The van der Waals surface area contributed by atoms with Gasteiger partial charge in [0, 0.05) is 12.0 Å². The van der Waals surface area contributed by atoms with E-state index in [9.17, 15) is 9.59 Å². The Morgan fingerprint density at radius 3 is 2.26 bits per heavy atom. The predicted molar refractivity (Wildman–Crippen MR) is 70.2 cm³/mol. The molecule has 0 aromatic carbocycles. The largest absolute Gasteiger partial charge is 0.468 e. The Kier molecular flexibility index (Phi) is 3.06. The zero-order valence-electron chi connectivity index (χ0n) is 12.0. The molecule has 4 atom stereocenters. The summed E-state index contributed by atoms with van der Waals surface area (Å²) in [6.07, 6.45) is 3.97. The summed E-state index contributed by atoms with van der Waals surface area (Å²) in [6, 6.07) is 0.0607. The second-order valence-electron chi connectivity index (χ2n) is 6.65. The lowest BCUT2D eigenvalue weighted by Crippen LogP contribution is -2.42. The molecule has 4 nitrogen and oxygen atoms in total. The number of carbonyl (C=O) groups is 2. The first-order chi connectivity index (χ1) is 9.04. The van der Waals surface area contributed by atoms with Crippen LogP contribution in [0.1, 0.15) is 33.1 Å². The maximum atomic E-state index is 12.6.